The van der Waals surface area contributed by atoms with Gasteiger partial charge in [0.25, 0.3) is 0 Å². The number of hydrogen-bond acceptors (Lipinski definition) is 10. The number of carbonyl (C=O) groups is 2. The molecule has 0 aliphatic carbocycles. The number of carbonyl (C=O) groups excluding carboxylic acids is 2. The van der Waals surface area contributed by atoms with Crippen molar-refractivity contribution >= 4 is 11.8 Å². The molecule has 0 saturated carbocycles. The molecule has 0 saturated heterocycles. The van der Waals surface area contributed by atoms with E-state index in [1.807, 2.05) is 44.2 Å². The lowest BCUT2D eigenvalue weighted by Crippen LogP contribution is -2.39. The lowest BCUT2D eigenvalue weighted by molar-refractivity contribution is -0.135. The summed E-state index contributed by atoms with van der Waals surface area (Å²) in [5.74, 6) is -0.381. The van der Waals surface area contributed by atoms with E-state index in [1.165, 1.54) is 27.4 Å². The Balaban J connectivity index is 2.14. The summed E-state index contributed by atoms with van der Waals surface area (Å²) >= 11 is 0. The van der Waals surface area contributed by atoms with E-state index in [2.05, 4.69) is 0 Å². The lowest BCUT2D eigenvalue weighted by atomic mass is 9.86. The second-order valence-corrected chi connectivity index (χ2v) is 9.97. The van der Waals surface area contributed by atoms with Gasteiger partial charge < -0.3 is 37.9 Å². The summed E-state index contributed by atoms with van der Waals surface area (Å²) in [6, 6.07) is 11.5. The Hall–Kier alpha value is -3.18. The van der Waals surface area contributed by atoms with Gasteiger partial charge in [0.15, 0.2) is 24.1 Å². The molecule has 2 aromatic rings. The van der Waals surface area contributed by atoms with Crippen LogP contribution in [-0.2, 0) is 30.3 Å². The number of Topliss-reactive ketones (excluding diaryl/α,β-unsaturated/α-hetero) is 1. The van der Waals surface area contributed by atoms with Crippen LogP contribution in [0, 0.1) is 11.8 Å². The van der Waals surface area contributed by atoms with Crippen LogP contribution in [0.5, 0.6) is 23.0 Å². The molecule has 0 aromatic heterocycles. The first-order valence-corrected chi connectivity index (χ1v) is 14.1. The van der Waals surface area contributed by atoms with Gasteiger partial charge >= 0.3 is 5.97 Å². The van der Waals surface area contributed by atoms with Gasteiger partial charge in [0.2, 0.25) is 5.75 Å². The molecule has 4 atom stereocenters. The fourth-order valence-corrected chi connectivity index (χ4v) is 4.85. The molecule has 0 radical (unpaired) electrons. The number of ether oxygens (including phenoxy) is 8. The van der Waals surface area contributed by atoms with Crippen molar-refractivity contribution in [3.63, 3.8) is 0 Å². The van der Waals surface area contributed by atoms with Crippen LogP contribution < -0.4 is 18.9 Å². The van der Waals surface area contributed by atoms with Crippen LogP contribution in [-0.4, -0.2) is 72.9 Å². The van der Waals surface area contributed by atoms with Gasteiger partial charge in [-0.2, -0.15) is 0 Å². The molecule has 0 amide bonds. The van der Waals surface area contributed by atoms with E-state index in [0.29, 0.717) is 19.6 Å². The van der Waals surface area contributed by atoms with Crippen LogP contribution in [0.2, 0.25) is 0 Å². The van der Waals surface area contributed by atoms with E-state index in [1.54, 1.807) is 21.1 Å². The molecule has 42 heavy (non-hydrogen) atoms. The van der Waals surface area contributed by atoms with Crippen molar-refractivity contribution in [3.8, 4) is 23.0 Å². The van der Waals surface area contributed by atoms with Gasteiger partial charge in [0.1, 0.15) is 11.3 Å². The molecule has 10 heteroatoms. The van der Waals surface area contributed by atoms with Crippen LogP contribution in [0.1, 0.15) is 56.0 Å². The number of ketones is 1. The first-order valence-electron chi connectivity index (χ1n) is 14.1. The Kier molecular flexibility index (Phi) is 15.3. The number of hydrogen-bond donors (Lipinski definition) is 0. The number of rotatable bonds is 20. The van der Waals surface area contributed by atoms with Gasteiger partial charge in [-0.25, -0.2) is 0 Å². The summed E-state index contributed by atoms with van der Waals surface area (Å²) in [6.45, 7) is 6.52. The molecule has 0 fully saturated rings. The monoisotopic (exact) mass is 590 g/mol. The minimum atomic E-state index is -0.540. The first kappa shape index (κ1) is 35.0. The average Bonchev–Trinajstić information content (AvgIpc) is 3.01. The molecule has 2 aromatic carbocycles. The molecule has 10 nitrogen and oxygen atoms in total. The van der Waals surface area contributed by atoms with Crippen molar-refractivity contribution in [1.82, 2.24) is 0 Å². The predicted octanol–water partition coefficient (Wildman–Crippen LogP) is 5.48. The molecule has 0 aliphatic rings. The summed E-state index contributed by atoms with van der Waals surface area (Å²) in [4.78, 5) is 26.1. The predicted molar refractivity (Wildman–Crippen MR) is 158 cm³/mol. The molecule has 0 spiro atoms. The fraction of sp³-hybridized carbons (Fsp3) is 0.562. The van der Waals surface area contributed by atoms with Gasteiger partial charge in [-0.1, -0.05) is 51.1 Å². The summed E-state index contributed by atoms with van der Waals surface area (Å²) in [5, 5.41) is 0. The molecule has 0 heterocycles. The Morgan fingerprint density at radius 3 is 2.14 bits per heavy atom. The van der Waals surface area contributed by atoms with Crippen molar-refractivity contribution in [2.75, 3.05) is 48.9 Å². The summed E-state index contributed by atoms with van der Waals surface area (Å²) < 4.78 is 44.9. The van der Waals surface area contributed by atoms with Gasteiger partial charge in [-0.3, -0.25) is 9.59 Å². The van der Waals surface area contributed by atoms with Gasteiger partial charge in [0, 0.05) is 46.2 Å². The average molecular weight is 591 g/mol. The molecule has 2 rings (SSSR count). The molecular weight excluding hydrogens is 544 g/mol. The third-order valence-electron chi connectivity index (χ3n) is 7.18. The van der Waals surface area contributed by atoms with E-state index in [-0.39, 0.29) is 78.0 Å². The van der Waals surface area contributed by atoms with Crippen molar-refractivity contribution in [3.05, 3.63) is 47.5 Å². The largest absolute Gasteiger partial charge is 0.496 e. The summed E-state index contributed by atoms with van der Waals surface area (Å²) in [6.07, 6.45) is 0.282. The summed E-state index contributed by atoms with van der Waals surface area (Å²) in [5.41, 5.74) is 1.19. The topological polar surface area (TPSA) is 108 Å². The lowest BCUT2D eigenvalue weighted by Gasteiger charge is -2.33. The van der Waals surface area contributed by atoms with Crippen molar-refractivity contribution < 1.29 is 47.5 Å². The normalized spacial score (nSPS) is 14.0. The van der Waals surface area contributed by atoms with E-state index in [4.69, 9.17) is 37.9 Å². The molecule has 0 N–H and O–H groups in total. The highest BCUT2D eigenvalue weighted by atomic mass is 16.7. The maximum Gasteiger partial charge on any atom is 0.311 e. The quantitative estimate of drug-likeness (QED) is 0.0851. The maximum atomic E-state index is 13.2. The maximum absolute atomic E-state index is 13.2. The molecular formula is C32H46O10. The van der Waals surface area contributed by atoms with E-state index in [9.17, 15) is 9.59 Å². The highest BCUT2D eigenvalue weighted by Crippen LogP contribution is 2.46. The Morgan fingerprint density at radius 2 is 1.57 bits per heavy atom. The van der Waals surface area contributed by atoms with Gasteiger partial charge in [0.05, 0.1) is 39.6 Å². The third-order valence-corrected chi connectivity index (χ3v) is 7.18. The van der Waals surface area contributed by atoms with E-state index < -0.39 is 5.97 Å². The Bertz CT molecular complexity index is 1100. The second kappa shape index (κ2) is 18.4. The van der Waals surface area contributed by atoms with Crippen LogP contribution >= 0.6 is 0 Å². The minimum Gasteiger partial charge on any atom is -0.496 e. The highest BCUT2D eigenvalue weighted by Gasteiger charge is 2.32. The van der Waals surface area contributed by atoms with Crippen LogP contribution in [0.25, 0.3) is 0 Å². The van der Waals surface area contributed by atoms with Gasteiger partial charge in [-0.05, 0) is 17.9 Å². The van der Waals surface area contributed by atoms with E-state index >= 15 is 0 Å². The molecule has 234 valence electrons. The molecule has 0 bridgehead atoms. The molecule has 0 aliphatic heterocycles. The van der Waals surface area contributed by atoms with Crippen LogP contribution in [0.3, 0.4) is 0 Å². The van der Waals surface area contributed by atoms with E-state index in [0.717, 1.165) is 5.56 Å². The SMILES string of the molecule is CCC(=O)c1c(OC)cc(OC)c(OCOC)c1OC(=O)CC[C@H](C)[C@H](OC)[C@H](C)[C@H](COCc1ccccc1)OC. The summed E-state index contributed by atoms with van der Waals surface area (Å²) in [7, 11) is 7.63. The van der Waals surface area contributed by atoms with Crippen molar-refractivity contribution in [1.29, 1.82) is 0 Å². The zero-order chi connectivity index (χ0) is 31.1. The molecule has 0 unspecified atom stereocenters. The Morgan fingerprint density at radius 1 is 0.881 bits per heavy atom. The Labute approximate surface area is 249 Å². The number of esters is 1. The smallest absolute Gasteiger partial charge is 0.311 e. The fourth-order valence-electron chi connectivity index (χ4n) is 4.85. The third kappa shape index (κ3) is 9.69. The number of benzene rings is 2. The van der Waals surface area contributed by atoms with Crippen molar-refractivity contribution in [2.45, 2.75) is 58.8 Å². The second-order valence-electron chi connectivity index (χ2n) is 9.97. The highest BCUT2D eigenvalue weighted by molar-refractivity contribution is 6.03. The van der Waals surface area contributed by atoms with Crippen LogP contribution in [0.15, 0.2) is 36.4 Å². The van der Waals surface area contributed by atoms with Crippen LogP contribution in [0.4, 0.5) is 0 Å². The standard InChI is InChI=1S/C32H46O10/c1-9-24(33)29-25(36-5)17-26(37-6)31(41-20-35-4)32(29)42-28(34)16-15-21(2)30(39-8)22(3)27(38-7)19-40-18-23-13-11-10-12-14-23/h10-14,17,21-22,27,30H,9,15-16,18-20H2,1-8H3/t21-,22+,27-,30-/m0/s1. The minimum absolute atomic E-state index is 0.0211. The zero-order valence-corrected chi connectivity index (χ0v) is 26.1. The van der Waals surface area contributed by atoms with Gasteiger partial charge in [-0.15, -0.1) is 0 Å². The first-order chi connectivity index (χ1) is 20.3. The zero-order valence-electron chi connectivity index (χ0n) is 26.1. The number of methoxy groups -OCH3 is 5. The van der Waals surface area contributed by atoms with Crippen molar-refractivity contribution in [2.24, 2.45) is 11.8 Å².